The van der Waals surface area contributed by atoms with E-state index in [1.54, 1.807) is 5.48 Å². The van der Waals surface area contributed by atoms with Gasteiger partial charge in [-0.15, -0.1) is 0 Å². The SMILES string of the molecule is [N-]=[N+]=NC1[C@]2(COP(=O)(O)OP(=O)(O)OP(=O)(O)O)O[C@@H](n3ccc(NO)nc3=O)[C@H](F)[C@@]12O. The Bertz CT molecular complexity index is 1230. The normalized spacial score (nSPS) is 33.8. The third-order valence-electron chi connectivity index (χ3n) is 4.70. The van der Waals surface area contributed by atoms with E-state index >= 15 is 4.39 Å². The smallest absolute Gasteiger partial charge is 0.383 e. The molecule has 3 unspecified atom stereocenters. The monoisotopic (exact) mass is 554 g/mol. The zero-order valence-corrected chi connectivity index (χ0v) is 18.7. The highest BCUT2D eigenvalue weighted by Crippen LogP contribution is 2.69. The molecule has 1 aromatic heterocycles. The van der Waals surface area contributed by atoms with Crippen LogP contribution in [-0.2, 0) is 31.6 Å². The molecule has 24 heteroatoms. The lowest BCUT2D eigenvalue weighted by molar-refractivity contribution is -0.0818. The summed E-state index contributed by atoms with van der Waals surface area (Å²) in [6, 6.07) is -0.777. The van der Waals surface area contributed by atoms with Gasteiger partial charge >= 0.3 is 29.2 Å². The Morgan fingerprint density at radius 1 is 1.29 bits per heavy atom. The first-order valence-electron chi connectivity index (χ1n) is 8.38. The minimum atomic E-state index is -5.88. The topological polar surface area (TPSA) is 305 Å². The number of fused-ring (bicyclic) bond motifs is 1. The summed E-state index contributed by atoms with van der Waals surface area (Å²) in [7, 11) is -17.3. The molecule has 0 aromatic carbocycles. The number of hydrogen-bond acceptors (Lipinski definition) is 13. The fourth-order valence-corrected chi connectivity index (χ4v) is 6.39. The molecule has 0 radical (unpaired) electrons. The molecular weight excluding hydrogens is 540 g/mol. The lowest BCUT2D eigenvalue weighted by Gasteiger charge is -2.23. The van der Waals surface area contributed by atoms with Crippen LogP contribution >= 0.6 is 23.5 Å². The van der Waals surface area contributed by atoms with Crippen LogP contribution in [0.3, 0.4) is 0 Å². The van der Waals surface area contributed by atoms with Gasteiger partial charge in [-0.3, -0.25) is 19.8 Å². The van der Waals surface area contributed by atoms with Gasteiger partial charge in [-0.2, -0.15) is 13.6 Å². The summed E-state index contributed by atoms with van der Waals surface area (Å²) >= 11 is 0. The van der Waals surface area contributed by atoms with Gasteiger partial charge in [-0.05, 0) is 11.6 Å². The molecule has 0 spiro atoms. The molecule has 34 heavy (non-hydrogen) atoms. The summed E-state index contributed by atoms with van der Waals surface area (Å²) < 4.78 is 66.5. The first-order valence-corrected chi connectivity index (χ1v) is 12.9. The van der Waals surface area contributed by atoms with Crippen LogP contribution in [0.4, 0.5) is 10.2 Å². The molecule has 1 aliphatic carbocycles. The van der Waals surface area contributed by atoms with E-state index in [2.05, 4.69) is 28.2 Å². The Labute approximate surface area is 185 Å². The van der Waals surface area contributed by atoms with Gasteiger partial charge in [0.2, 0.25) is 0 Å². The molecule has 7 atom stereocenters. The lowest BCUT2D eigenvalue weighted by Crippen LogP contribution is -2.37. The van der Waals surface area contributed by atoms with Gasteiger partial charge in [0, 0.05) is 11.1 Å². The number of azide groups is 1. The maximum absolute atomic E-state index is 15.1. The summed E-state index contributed by atoms with van der Waals surface area (Å²) in [6.07, 6.45) is -3.58. The van der Waals surface area contributed by atoms with Crippen LogP contribution in [0, 0.1) is 0 Å². The van der Waals surface area contributed by atoms with Crippen molar-refractivity contribution >= 4 is 29.3 Å². The number of nitrogens with zero attached hydrogens (tertiary/aromatic N) is 5. The van der Waals surface area contributed by atoms with Crippen molar-refractivity contribution in [3.8, 4) is 0 Å². The van der Waals surface area contributed by atoms with Gasteiger partial charge < -0.3 is 29.4 Å². The minimum absolute atomic E-state index is 0.326. The highest BCUT2D eigenvalue weighted by Gasteiger charge is 2.88. The Balaban J connectivity index is 1.85. The largest absolute Gasteiger partial charge is 0.490 e. The average molecular weight is 554 g/mol. The number of rotatable bonds is 10. The van der Waals surface area contributed by atoms with Crippen molar-refractivity contribution in [1.29, 1.82) is 0 Å². The highest BCUT2D eigenvalue weighted by atomic mass is 31.3. The first kappa shape index (κ1) is 26.8. The number of phosphoric acid groups is 3. The Hall–Kier alpha value is -1.79. The number of hydrogen-bond donors (Lipinski definition) is 7. The fraction of sp³-hybridized carbons (Fsp3) is 0.600. The van der Waals surface area contributed by atoms with Crippen molar-refractivity contribution in [2.45, 2.75) is 29.6 Å². The number of alkyl halides is 1. The zero-order valence-electron chi connectivity index (χ0n) is 16.0. The van der Waals surface area contributed by atoms with Gasteiger partial charge in [0.15, 0.2) is 18.2 Å². The van der Waals surface area contributed by atoms with Crippen LogP contribution in [0.25, 0.3) is 10.4 Å². The number of nitrogens with one attached hydrogen (secondary N) is 1. The second-order valence-electron chi connectivity index (χ2n) is 6.71. The second-order valence-corrected chi connectivity index (χ2v) is 11.1. The molecule has 2 heterocycles. The van der Waals surface area contributed by atoms with E-state index in [1.807, 2.05) is 0 Å². The molecule has 1 saturated heterocycles. The van der Waals surface area contributed by atoms with E-state index in [9.17, 15) is 33.4 Å². The molecule has 3 rings (SSSR count). The fourth-order valence-electron chi connectivity index (χ4n) is 3.34. The van der Waals surface area contributed by atoms with Crippen molar-refractivity contribution in [1.82, 2.24) is 9.55 Å². The van der Waals surface area contributed by atoms with Crippen molar-refractivity contribution in [2.75, 3.05) is 12.1 Å². The quantitative estimate of drug-likeness (QED) is 0.0625. The van der Waals surface area contributed by atoms with E-state index in [0.717, 1.165) is 12.3 Å². The van der Waals surface area contributed by atoms with E-state index < -0.39 is 65.4 Å². The molecule has 2 fully saturated rings. The Kier molecular flexibility index (Phi) is 6.86. The van der Waals surface area contributed by atoms with Gasteiger partial charge in [0.1, 0.15) is 17.2 Å². The van der Waals surface area contributed by atoms with Crippen molar-refractivity contribution in [3.05, 3.63) is 33.2 Å². The van der Waals surface area contributed by atoms with Gasteiger partial charge in [0.05, 0.1) is 6.61 Å². The van der Waals surface area contributed by atoms with Crippen LogP contribution in [0.5, 0.6) is 0 Å². The summed E-state index contributed by atoms with van der Waals surface area (Å²) in [5.74, 6) is -0.326. The number of phosphoric ester groups is 1. The van der Waals surface area contributed by atoms with Crippen LogP contribution < -0.4 is 11.2 Å². The molecule has 1 aliphatic heterocycles. The molecule has 7 N–H and O–H groups in total. The summed E-state index contributed by atoms with van der Waals surface area (Å²) in [5, 5.41) is 22.6. The Morgan fingerprint density at radius 3 is 2.47 bits per heavy atom. The first-order chi connectivity index (χ1) is 15.5. The second kappa shape index (κ2) is 8.70. The maximum Gasteiger partial charge on any atom is 0.490 e. The molecule has 0 amide bonds. The Morgan fingerprint density at radius 2 is 1.94 bits per heavy atom. The zero-order chi connectivity index (χ0) is 25.7. The van der Waals surface area contributed by atoms with E-state index in [1.165, 1.54) is 0 Å². The molecule has 2 aliphatic rings. The predicted octanol–water partition coefficient (Wildman–Crippen LogP) is -0.583. The standard InChI is InChI=1S/C10H14FN6O14P3/c11-5-6(17-2-1-4(15-20)13-8(17)18)29-9(7(14-16-12)10(5,9)19)3-28-33(24,25)31-34(26,27)30-32(21,22)23/h1-2,5-7,19-20H,3H2,(H,24,25)(H,26,27)(H,13,15,18)(H2,21,22,23)/t5-,6+,7?,9-,10+/m0/s1. The minimum Gasteiger partial charge on any atom is -0.383 e. The molecular formula is C10H14FN6O14P3. The van der Waals surface area contributed by atoms with E-state index in [-0.39, 0.29) is 5.82 Å². The maximum atomic E-state index is 15.1. The van der Waals surface area contributed by atoms with Gasteiger partial charge in [-0.1, -0.05) is 5.11 Å². The van der Waals surface area contributed by atoms with Crippen LogP contribution in [-0.4, -0.2) is 69.5 Å². The van der Waals surface area contributed by atoms with E-state index in [4.69, 9.17) is 25.3 Å². The summed E-state index contributed by atoms with van der Waals surface area (Å²) in [4.78, 5) is 53.6. The van der Waals surface area contributed by atoms with Crippen LogP contribution in [0.1, 0.15) is 6.23 Å². The van der Waals surface area contributed by atoms with Gasteiger partial charge in [-0.25, -0.2) is 22.9 Å². The van der Waals surface area contributed by atoms with Gasteiger partial charge in [0.25, 0.3) is 0 Å². The molecule has 190 valence electrons. The number of aliphatic hydroxyl groups is 1. The van der Waals surface area contributed by atoms with Crippen molar-refractivity contribution < 1.29 is 65.9 Å². The molecule has 1 saturated carbocycles. The third kappa shape index (κ3) is 4.81. The lowest BCUT2D eigenvalue weighted by atomic mass is 10.1. The van der Waals surface area contributed by atoms with Crippen molar-refractivity contribution in [2.24, 2.45) is 5.11 Å². The average Bonchev–Trinajstić information content (AvgIpc) is 3.09. The summed E-state index contributed by atoms with van der Waals surface area (Å²) in [6.45, 7) is -1.35. The predicted molar refractivity (Wildman–Crippen MR) is 99.4 cm³/mol. The van der Waals surface area contributed by atoms with E-state index in [0.29, 0.717) is 4.57 Å². The third-order valence-corrected chi connectivity index (χ3v) is 8.48. The van der Waals surface area contributed by atoms with Crippen LogP contribution in [0.15, 0.2) is 22.2 Å². The number of aromatic nitrogens is 2. The number of ether oxygens (including phenoxy) is 1. The molecule has 20 nitrogen and oxygen atoms in total. The summed E-state index contributed by atoms with van der Waals surface area (Å²) in [5.41, 5.74) is 3.89. The van der Waals surface area contributed by atoms with Crippen LogP contribution in [0.2, 0.25) is 0 Å². The molecule has 1 aromatic rings. The number of anilines is 1. The van der Waals surface area contributed by atoms with Crippen molar-refractivity contribution in [3.63, 3.8) is 0 Å². The highest BCUT2D eigenvalue weighted by molar-refractivity contribution is 7.66. The molecule has 0 bridgehead atoms. The number of halogens is 1.